The maximum atomic E-state index is 12.1. The second-order valence-electron chi connectivity index (χ2n) is 8.29. The Morgan fingerprint density at radius 3 is 2.71 bits per heavy atom. The van der Waals surface area contributed by atoms with E-state index in [4.69, 9.17) is 9.72 Å². The van der Waals surface area contributed by atoms with Crippen LogP contribution in [0.2, 0.25) is 0 Å². The maximum absolute atomic E-state index is 12.1. The van der Waals surface area contributed by atoms with Crippen molar-refractivity contribution in [2.24, 2.45) is 0 Å². The first-order valence-electron chi connectivity index (χ1n) is 11.4. The van der Waals surface area contributed by atoms with Gasteiger partial charge in [0.25, 0.3) is 0 Å². The van der Waals surface area contributed by atoms with Gasteiger partial charge < -0.3 is 19.9 Å². The first kappa shape index (κ1) is 22.4. The van der Waals surface area contributed by atoms with Crippen LogP contribution in [0.3, 0.4) is 0 Å². The minimum absolute atomic E-state index is 0.0560. The Hall–Kier alpha value is -3.36. The van der Waals surface area contributed by atoms with Crippen molar-refractivity contribution in [2.45, 2.75) is 23.3 Å². The van der Waals surface area contributed by atoms with Crippen molar-refractivity contribution >= 4 is 40.7 Å². The fourth-order valence-electron chi connectivity index (χ4n) is 4.19. The Balaban J connectivity index is 1.29. The highest BCUT2D eigenvalue weighted by atomic mass is 32.2. The lowest BCUT2D eigenvalue weighted by atomic mass is 10.2. The van der Waals surface area contributed by atoms with E-state index in [1.54, 1.807) is 16.7 Å². The number of hydrogen-bond donors (Lipinski definition) is 1. The predicted octanol–water partition coefficient (Wildman–Crippen LogP) is 4.59. The second-order valence-corrected chi connectivity index (χ2v) is 9.35. The molecule has 0 radical (unpaired) electrons. The molecule has 2 aliphatic heterocycles. The van der Waals surface area contributed by atoms with Crippen molar-refractivity contribution in [3.63, 3.8) is 0 Å². The largest absolute Gasteiger partial charge is 0.378 e. The molecule has 1 aromatic heterocycles. The van der Waals surface area contributed by atoms with E-state index >= 15 is 0 Å². The molecule has 0 bridgehead atoms. The molecule has 174 valence electrons. The van der Waals surface area contributed by atoms with Crippen LogP contribution in [-0.4, -0.2) is 48.7 Å². The van der Waals surface area contributed by atoms with E-state index in [2.05, 4.69) is 52.1 Å². The van der Waals surface area contributed by atoms with Gasteiger partial charge in [0.1, 0.15) is 5.03 Å². The number of aryl methyl sites for hydroxylation is 1. The van der Waals surface area contributed by atoms with Crippen LogP contribution in [0.25, 0.3) is 0 Å². The second kappa shape index (κ2) is 9.87. The Bertz CT molecular complexity index is 1210. The summed E-state index contributed by atoms with van der Waals surface area (Å²) in [5.41, 5.74) is 5.30. The zero-order valence-corrected chi connectivity index (χ0v) is 20.0. The number of carbonyl (C=O) groups is 1. The molecule has 5 rings (SSSR count). The molecule has 2 aromatic carbocycles. The summed E-state index contributed by atoms with van der Waals surface area (Å²) in [6.07, 6.45) is 4.06. The number of rotatable bonds is 6. The number of amides is 1. The third-order valence-corrected chi connectivity index (χ3v) is 7.12. The summed E-state index contributed by atoms with van der Waals surface area (Å²) in [4.78, 5) is 26.5. The van der Waals surface area contributed by atoms with E-state index in [1.807, 2.05) is 25.3 Å². The van der Waals surface area contributed by atoms with E-state index in [0.717, 1.165) is 59.6 Å². The molecule has 3 heterocycles. The SMILES string of the molecule is C=CC(=O)N1CCc2cc(Sc3nc(Nc4ccc(N5CCOCC5)cc4)ncc3C)ccc21. The van der Waals surface area contributed by atoms with Crippen LogP contribution in [0, 0.1) is 6.92 Å². The first-order valence-corrected chi connectivity index (χ1v) is 12.2. The average molecular weight is 474 g/mol. The topological polar surface area (TPSA) is 70.6 Å². The number of anilines is 4. The number of fused-ring (bicyclic) bond motifs is 1. The third kappa shape index (κ3) is 4.78. The Morgan fingerprint density at radius 1 is 1.15 bits per heavy atom. The molecule has 0 atom stereocenters. The molecule has 1 N–H and O–H groups in total. The number of morpholine rings is 1. The van der Waals surface area contributed by atoms with Gasteiger partial charge in [-0.15, -0.1) is 0 Å². The molecule has 8 heteroatoms. The van der Waals surface area contributed by atoms with E-state index < -0.39 is 0 Å². The zero-order valence-electron chi connectivity index (χ0n) is 19.2. The molecular formula is C26H27N5O2S. The molecular weight excluding hydrogens is 446 g/mol. The molecule has 0 unspecified atom stereocenters. The van der Waals surface area contributed by atoms with Gasteiger partial charge in [-0.05, 0) is 67.4 Å². The highest BCUT2D eigenvalue weighted by molar-refractivity contribution is 7.99. The molecule has 3 aromatic rings. The summed E-state index contributed by atoms with van der Waals surface area (Å²) in [6.45, 7) is 9.69. The van der Waals surface area contributed by atoms with E-state index in [9.17, 15) is 4.79 Å². The van der Waals surface area contributed by atoms with E-state index in [-0.39, 0.29) is 5.91 Å². The van der Waals surface area contributed by atoms with Crippen molar-refractivity contribution < 1.29 is 9.53 Å². The Morgan fingerprint density at radius 2 is 1.94 bits per heavy atom. The van der Waals surface area contributed by atoms with Gasteiger partial charge in [0.2, 0.25) is 11.9 Å². The minimum Gasteiger partial charge on any atom is -0.378 e. The fraction of sp³-hybridized carbons (Fsp3) is 0.269. The number of hydrogen-bond acceptors (Lipinski definition) is 7. The lowest BCUT2D eigenvalue weighted by Gasteiger charge is -2.28. The van der Waals surface area contributed by atoms with Crippen LogP contribution < -0.4 is 15.1 Å². The fourth-order valence-corrected chi connectivity index (χ4v) is 5.09. The maximum Gasteiger partial charge on any atom is 0.250 e. The van der Waals surface area contributed by atoms with Crippen LogP contribution >= 0.6 is 11.8 Å². The molecule has 2 aliphatic rings. The van der Waals surface area contributed by atoms with Gasteiger partial charge in [-0.2, -0.15) is 0 Å². The molecule has 0 aliphatic carbocycles. The van der Waals surface area contributed by atoms with E-state index in [0.29, 0.717) is 12.5 Å². The van der Waals surface area contributed by atoms with Gasteiger partial charge in [-0.3, -0.25) is 4.79 Å². The van der Waals surface area contributed by atoms with Crippen LogP contribution in [0.5, 0.6) is 0 Å². The molecule has 0 saturated carbocycles. The van der Waals surface area contributed by atoms with Crippen molar-refractivity contribution in [3.05, 3.63) is 72.4 Å². The minimum atomic E-state index is -0.0560. The van der Waals surface area contributed by atoms with Gasteiger partial charge in [0, 0.05) is 53.4 Å². The van der Waals surface area contributed by atoms with Crippen molar-refractivity contribution in [2.75, 3.05) is 48.0 Å². The normalized spacial score (nSPS) is 15.2. The Kier molecular flexibility index (Phi) is 6.51. The van der Waals surface area contributed by atoms with Gasteiger partial charge in [-0.1, -0.05) is 18.3 Å². The zero-order chi connectivity index (χ0) is 23.5. The summed E-state index contributed by atoms with van der Waals surface area (Å²) in [5.74, 6) is 0.510. The number of aromatic nitrogens is 2. The highest BCUT2D eigenvalue weighted by Crippen LogP contribution is 2.35. The third-order valence-electron chi connectivity index (χ3n) is 6.03. The van der Waals surface area contributed by atoms with Crippen molar-refractivity contribution in [3.8, 4) is 0 Å². The van der Waals surface area contributed by atoms with Gasteiger partial charge in [-0.25, -0.2) is 9.97 Å². The number of benzene rings is 2. The van der Waals surface area contributed by atoms with Crippen LogP contribution in [0.15, 0.2) is 71.2 Å². The molecule has 1 amide bonds. The molecule has 7 nitrogen and oxygen atoms in total. The molecule has 0 spiro atoms. The summed E-state index contributed by atoms with van der Waals surface area (Å²) < 4.78 is 5.44. The summed E-state index contributed by atoms with van der Waals surface area (Å²) >= 11 is 1.61. The smallest absolute Gasteiger partial charge is 0.250 e. The van der Waals surface area contributed by atoms with Crippen molar-refractivity contribution in [1.29, 1.82) is 0 Å². The summed E-state index contributed by atoms with van der Waals surface area (Å²) in [6, 6.07) is 14.5. The number of nitrogens with zero attached hydrogens (tertiary/aromatic N) is 4. The Labute approximate surface area is 203 Å². The molecule has 1 saturated heterocycles. The number of carbonyl (C=O) groups excluding carboxylic acids is 1. The van der Waals surface area contributed by atoms with Crippen LogP contribution in [-0.2, 0) is 16.0 Å². The monoisotopic (exact) mass is 473 g/mol. The lowest BCUT2D eigenvalue weighted by Crippen LogP contribution is -2.36. The van der Waals surface area contributed by atoms with Crippen LogP contribution in [0.1, 0.15) is 11.1 Å². The van der Waals surface area contributed by atoms with E-state index in [1.165, 1.54) is 17.3 Å². The predicted molar refractivity (Wildman–Crippen MR) is 136 cm³/mol. The summed E-state index contributed by atoms with van der Waals surface area (Å²) in [5, 5.41) is 4.22. The molecule has 1 fully saturated rings. The lowest BCUT2D eigenvalue weighted by molar-refractivity contribution is -0.114. The van der Waals surface area contributed by atoms with Gasteiger partial charge in [0.15, 0.2) is 0 Å². The highest BCUT2D eigenvalue weighted by Gasteiger charge is 2.23. The average Bonchev–Trinajstić information content (AvgIpc) is 3.30. The quantitative estimate of drug-likeness (QED) is 0.415. The number of nitrogens with one attached hydrogen (secondary N) is 1. The standard InChI is InChI=1S/C26H27N5O2S/c1-3-24(32)31-11-10-19-16-22(8-9-23(19)31)34-25-18(2)17-27-26(29-25)28-20-4-6-21(7-5-20)30-12-14-33-15-13-30/h3-9,16-17H,1,10-15H2,2H3,(H,27,28,29). The summed E-state index contributed by atoms with van der Waals surface area (Å²) in [7, 11) is 0. The van der Waals surface area contributed by atoms with Crippen LogP contribution in [0.4, 0.5) is 23.0 Å². The van der Waals surface area contributed by atoms with Gasteiger partial charge >= 0.3 is 0 Å². The van der Waals surface area contributed by atoms with Crippen molar-refractivity contribution in [1.82, 2.24) is 9.97 Å². The molecule has 34 heavy (non-hydrogen) atoms. The van der Waals surface area contributed by atoms with Gasteiger partial charge in [0.05, 0.1) is 13.2 Å². The first-order chi connectivity index (χ1) is 16.6. The number of ether oxygens (including phenoxy) is 1.